The standard InChI is InChI=1S/C22H23N3O2S2/c1-15-21(16(2)25(24-15)18-6-4-3-5-7-18)23-20(26)14-27-19-10-8-17(9-11-19)22-28-12-13-29-22/h3-11,22H,12-14H2,1-2H3,(H,23,26). The number of hydrogen-bond acceptors (Lipinski definition) is 5. The van der Waals surface area contributed by atoms with Crippen LogP contribution in [0.3, 0.4) is 0 Å². The summed E-state index contributed by atoms with van der Waals surface area (Å²) < 4.78 is 8.03. The molecule has 0 saturated carbocycles. The van der Waals surface area contributed by atoms with E-state index in [2.05, 4.69) is 22.5 Å². The molecule has 3 aromatic rings. The number of nitrogens with one attached hydrogen (secondary N) is 1. The Labute approximate surface area is 179 Å². The fourth-order valence-electron chi connectivity index (χ4n) is 3.24. The summed E-state index contributed by atoms with van der Waals surface area (Å²) in [4.78, 5) is 12.4. The number of hydrogen-bond donors (Lipinski definition) is 1. The van der Waals surface area contributed by atoms with Crippen LogP contribution in [0.4, 0.5) is 5.69 Å². The van der Waals surface area contributed by atoms with E-state index < -0.39 is 0 Å². The van der Waals surface area contributed by atoms with E-state index in [1.165, 1.54) is 17.1 Å². The van der Waals surface area contributed by atoms with Gasteiger partial charge in [0.15, 0.2) is 6.61 Å². The van der Waals surface area contributed by atoms with Gasteiger partial charge in [0, 0.05) is 11.5 Å². The minimum atomic E-state index is -0.199. The highest BCUT2D eigenvalue weighted by Crippen LogP contribution is 2.45. The van der Waals surface area contributed by atoms with E-state index in [0.29, 0.717) is 10.3 Å². The van der Waals surface area contributed by atoms with Gasteiger partial charge in [-0.05, 0) is 43.7 Å². The van der Waals surface area contributed by atoms with Crippen molar-refractivity contribution in [3.63, 3.8) is 0 Å². The van der Waals surface area contributed by atoms with Gasteiger partial charge in [0.25, 0.3) is 5.91 Å². The van der Waals surface area contributed by atoms with E-state index in [-0.39, 0.29) is 12.5 Å². The zero-order valence-corrected chi connectivity index (χ0v) is 18.1. The largest absolute Gasteiger partial charge is 0.484 e. The second-order valence-electron chi connectivity index (χ2n) is 6.77. The molecule has 1 aliphatic heterocycles. The molecule has 7 heteroatoms. The third-order valence-corrected chi connectivity index (χ3v) is 7.80. The summed E-state index contributed by atoms with van der Waals surface area (Å²) in [7, 11) is 0. The lowest BCUT2D eigenvalue weighted by Gasteiger charge is -2.11. The number of thioether (sulfide) groups is 2. The second-order valence-corrected chi connectivity index (χ2v) is 9.50. The summed E-state index contributed by atoms with van der Waals surface area (Å²) >= 11 is 3.95. The molecule has 0 spiro atoms. The first kappa shape index (κ1) is 19.9. The molecule has 29 heavy (non-hydrogen) atoms. The minimum Gasteiger partial charge on any atom is -0.484 e. The van der Waals surface area contributed by atoms with Crippen molar-refractivity contribution >= 4 is 35.1 Å². The van der Waals surface area contributed by atoms with Gasteiger partial charge in [-0.2, -0.15) is 5.10 Å². The fourth-order valence-corrected chi connectivity index (χ4v) is 6.10. The molecule has 1 saturated heterocycles. The van der Waals surface area contributed by atoms with Crippen molar-refractivity contribution < 1.29 is 9.53 Å². The number of amides is 1. The van der Waals surface area contributed by atoms with Crippen LogP contribution in [0.25, 0.3) is 5.69 Å². The quantitative estimate of drug-likeness (QED) is 0.603. The smallest absolute Gasteiger partial charge is 0.262 e. The number of para-hydroxylation sites is 1. The average Bonchev–Trinajstić information content (AvgIpc) is 3.38. The first-order valence-corrected chi connectivity index (χ1v) is 11.6. The van der Waals surface area contributed by atoms with Crippen LogP contribution in [-0.2, 0) is 4.79 Å². The van der Waals surface area contributed by atoms with Gasteiger partial charge in [-0.3, -0.25) is 4.79 Å². The Hall–Kier alpha value is -2.38. The van der Waals surface area contributed by atoms with Gasteiger partial charge in [-0.15, -0.1) is 23.5 Å². The SMILES string of the molecule is Cc1nn(-c2ccccc2)c(C)c1NC(=O)COc1ccc(C2SCCS2)cc1. The van der Waals surface area contributed by atoms with Crippen molar-refractivity contribution in [2.75, 3.05) is 23.4 Å². The molecule has 2 heterocycles. The molecule has 1 aliphatic rings. The summed E-state index contributed by atoms with van der Waals surface area (Å²) in [6, 6.07) is 17.9. The van der Waals surface area contributed by atoms with E-state index in [9.17, 15) is 4.79 Å². The van der Waals surface area contributed by atoms with Crippen molar-refractivity contribution in [1.29, 1.82) is 0 Å². The highest BCUT2D eigenvalue weighted by atomic mass is 32.2. The molecule has 1 fully saturated rings. The maximum atomic E-state index is 12.4. The van der Waals surface area contributed by atoms with E-state index >= 15 is 0 Å². The van der Waals surface area contributed by atoms with Crippen molar-refractivity contribution in [3.8, 4) is 11.4 Å². The molecule has 5 nitrogen and oxygen atoms in total. The van der Waals surface area contributed by atoms with Gasteiger partial charge >= 0.3 is 0 Å². The molecule has 150 valence electrons. The molecule has 1 aromatic heterocycles. The number of carbonyl (C=O) groups excluding carboxylic acids is 1. The Morgan fingerprint density at radius 1 is 1.10 bits per heavy atom. The normalized spacial score (nSPS) is 14.1. The number of rotatable bonds is 6. The summed E-state index contributed by atoms with van der Waals surface area (Å²) in [6.45, 7) is 3.80. The molecule has 0 unspecified atom stereocenters. The Morgan fingerprint density at radius 3 is 2.48 bits per heavy atom. The lowest BCUT2D eigenvalue weighted by atomic mass is 10.2. The molecular weight excluding hydrogens is 402 g/mol. The van der Waals surface area contributed by atoms with Crippen LogP contribution in [0.1, 0.15) is 21.5 Å². The summed E-state index contributed by atoms with van der Waals surface area (Å²) in [6.07, 6.45) is 0. The van der Waals surface area contributed by atoms with Crippen molar-refractivity contribution in [2.45, 2.75) is 18.4 Å². The van der Waals surface area contributed by atoms with Crippen LogP contribution in [0.5, 0.6) is 5.75 Å². The van der Waals surface area contributed by atoms with Crippen LogP contribution in [-0.4, -0.2) is 33.8 Å². The van der Waals surface area contributed by atoms with Gasteiger partial charge in [0.2, 0.25) is 0 Å². The maximum Gasteiger partial charge on any atom is 0.262 e. The summed E-state index contributed by atoms with van der Waals surface area (Å²) in [5.74, 6) is 2.90. The predicted octanol–water partition coefficient (Wildman–Crippen LogP) is 4.99. The maximum absolute atomic E-state index is 12.4. The zero-order chi connectivity index (χ0) is 20.2. The number of ether oxygens (including phenoxy) is 1. The molecule has 0 aliphatic carbocycles. The fraction of sp³-hybridized carbons (Fsp3) is 0.273. The van der Waals surface area contributed by atoms with E-state index in [0.717, 1.165) is 22.8 Å². The lowest BCUT2D eigenvalue weighted by Crippen LogP contribution is -2.21. The van der Waals surface area contributed by atoms with Gasteiger partial charge in [-0.25, -0.2) is 4.68 Å². The number of nitrogens with zero attached hydrogens (tertiary/aromatic N) is 2. The Kier molecular flexibility index (Phi) is 6.16. The highest BCUT2D eigenvalue weighted by molar-refractivity contribution is 8.19. The monoisotopic (exact) mass is 425 g/mol. The Morgan fingerprint density at radius 2 is 1.79 bits per heavy atom. The summed E-state index contributed by atoms with van der Waals surface area (Å²) in [5, 5.41) is 7.50. The average molecular weight is 426 g/mol. The molecule has 1 amide bonds. The first-order chi connectivity index (χ1) is 14.1. The molecule has 1 N–H and O–H groups in total. The number of aromatic nitrogens is 2. The predicted molar refractivity (Wildman–Crippen MR) is 121 cm³/mol. The Bertz CT molecular complexity index is 981. The number of aryl methyl sites for hydroxylation is 1. The zero-order valence-electron chi connectivity index (χ0n) is 16.4. The van der Waals surface area contributed by atoms with Crippen molar-refractivity contribution in [1.82, 2.24) is 9.78 Å². The number of carbonyl (C=O) groups is 1. The molecule has 4 rings (SSSR count). The van der Waals surface area contributed by atoms with Crippen LogP contribution < -0.4 is 10.1 Å². The van der Waals surface area contributed by atoms with Gasteiger partial charge in [0.1, 0.15) is 5.75 Å². The minimum absolute atomic E-state index is 0.0400. The van der Waals surface area contributed by atoms with Gasteiger partial charge in [0.05, 0.1) is 27.3 Å². The third kappa shape index (κ3) is 4.62. The Balaban J connectivity index is 1.37. The number of benzene rings is 2. The van der Waals surface area contributed by atoms with E-state index in [4.69, 9.17) is 4.74 Å². The topological polar surface area (TPSA) is 56.2 Å². The molecular formula is C22H23N3O2S2. The van der Waals surface area contributed by atoms with Crippen molar-refractivity contribution in [2.24, 2.45) is 0 Å². The van der Waals surface area contributed by atoms with E-state index in [1.807, 2.05) is 84.5 Å². The van der Waals surface area contributed by atoms with Crippen LogP contribution in [0.2, 0.25) is 0 Å². The summed E-state index contributed by atoms with van der Waals surface area (Å²) in [5.41, 5.74) is 4.65. The molecule has 0 radical (unpaired) electrons. The molecule has 2 aromatic carbocycles. The first-order valence-electron chi connectivity index (χ1n) is 9.49. The van der Waals surface area contributed by atoms with Gasteiger partial charge in [-0.1, -0.05) is 30.3 Å². The van der Waals surface area contributed by atoms with Crippen LogP contribution >= 0.6 is 23.5 Å². The van der Waals surface area contributed by atoms with Gasteiger partial charge < -0.3 is 10.1 Å². The highest BCUT2D eigenvalue weighted by Gasteiger charge is 2.18. The van der Waals surface area contributed by atoms with E-state index in [1.54, 1.807) is 0 Å². The van der Waals surface area contributed by atoms with Crippen LogP contribution in [0, 0.1) is 13.8 Å². The molecule has 0 atom stereocenters. The third-order valence-electron chi connectivity index (χ3n) is 4.70. The second kappa shape index (κ2) is 8.97. The lowest BCUT2D eigenvalue weighted by molar-refractivity contribution is -0.118. The molecule has 0 bridgehead atoms. The number of anilines is 1. The van der Waals surface area contributed by atoms with Crippen molar-refractivity contribution in [3.05, 3.63) is 71.5 Å². The van der Waals surface area contributed by atoms with Crippen LogP contribution in [0.15, 0.2) is 54.6 Å².